The minimum atomic E-state index is -0.426. The van der Waals surface area contributed by atoms with Crippen molar-refractivity contribution in [1.82, 2.24) is 9.55 Å². The summed E-state index contributed by atoms with van der Waals surface area (Å²) in [6.07, 6.45) is 4.88. The van der Waals surface area contributed by atoms with Gasteiger partial charge >= 0.3 is 0 Å². The predicted octanol–water partition coefficient (Wildman–Crippen LogP) is 4.34. The summed E-state index contributed by atoms with van der Waals surface area (Å²) < 4.78 is 1.42. The van der Waals surface area contributed by atoms with Gasteiger partial charge in [-0.1, -0.05) is 37.5 Å². The molecule has 0 radical (unpaired) electrons. The van der Waals surface area contributed by atoms with E-state index in [0.717, 1.165) is 43.2 Å². The summed E-state index contributed by atoms with van der Waals surface area (Å²) in [7, 11) is 0. The van der Waals surface area contributed by atoms with Gasteiger partial charge in [-0.25, -0.2) is 4.98 Å². The third kappa shape index (κ3) is 4.82. The van der Waals surface area contributed by atoms with Crippen LogP contribution in [0.5, 0.6) is 0 Å². The van der Waals surface area contributed by atoms with Gasteiger partial charge in [-0.3, -0.25) is 23.9 Å². The van der Waals surface area contributed by atoms with Crippen molar-refractivity contribution < 1.29 is 9.59 Å². The van der Waals surface area contributed by atoms with Gasteiger partial charge in [0.15, 0.2) is 0 Å². The fourth-order valence-corrected chi connectivity index (χ4v) is 4.57. The van der Waals surface area contributed by atoms with Gasteiger partial charge in [-0.05, 0) is 62.1 Å². The van der Waals surface area contributed by atoms with Gasteiger partial charge in [0, 0.05) is 18.7 Å². The molecule has 33 heavy (non-hydrogen) atoms. The van der Waals surface area contributed by atoms with Crippen molar-refractivity contribution in [1.29, 1.82) is 0 Å². The van der Waals surface area contributed by atoms with Crippen LogP contribution in [-0.4, -0.2) is 27.4 Å². The molecule has 1 aromatic heterocycles. The van der Waals surface area contributed by atoms with Gasteiger partial charge in [0.25, 0.3) is 5.56 Å². The molecule has 0 atom stereocenters. The smallest absolute Gasteiger partial charge is 0.294 e. The average molecular weight is 447 g/mol. The molecule has 1 N–H and O–H groups in total. The van der Waals surface area contributed by atoms with Gasteiger partial charge in [-0.15, -0.1) is 0 Å². The molecular weight excluding hydrogens is 416 g/mol. The van der Waals surface area contributed by atoms with E-state index < -0.39 is 5.56 Å². The zero-order chi connectivity index (χ0) is 23.5. The number of carbonyl (C=O) groups excluding carboxylic acids is 2. The molecule has 2 amide bonds. The van der Waals surface area contributed by atoms with Crippen molar-refractivity contribution in [3.8, 4) is 0 Å². The Morgan fingerprint density at radius 3 is 2.48 bits per heavy atom. The number of nitrogens with zero attached hydrogens (tertiary/aromatic N) is 3. The molecule has 1 aliphatic carbocycles. The molecule has 0 unspecified atom stereocenters. The summed E-state index contributed by atoms with van der Waals surface area (Å²) in [6.45, 7) is 5.30. The van der Waals surface area contributed by atoms with Gasteiger partial charge in [0.2, 0.25) is 17.6 Å². The van der Waals surface area contributed by atoms with Gasteiger partial charge in [0.1, 0.15) is 6.54 Å². The van der Waals surface area contributed by atoms with E-state index in [1.54, 1.807) is 17.0 Å². The fraction of sp³-hybridized carbons (Fsp3) is 0.385. The van der Waals surface area contributed by atoms with Crippen molar-refractivity contribution >= 4 is 34.4 Å². The highest BCUT2D eigenvalue weighted by atomic mass is 16.2. The second kappa shape index (κ2) is 9.57. The second-order valence-corrected chi connectivity index (χ2v) is 8.84. The highest BCUT2D eigenvalue weighted by Crippen LogP contribution is 2.26. The summed E-state index contributed by atoms with van der Waals surface area (Å²) in [6, 6.07) is 12.9. The number of aryl methyl sites for hydroxylation is 2. The van der Waals surface area contributed by atoms with Crippen LogP contribution in [-0.2, 0) is 16.1 Å². The van der Waals surface area contributed by atoms with E-state index in [1.807, 2.05) is 44.2 Å². The molecule has 1 fully saturated rings. The van der Waals surface area contributed by atoms with Crippen LogP contribution in [0.3, 0.4) is 0 Å². The van der Waals surface area contributed by atoms with E-state index in [-0.39, 0.29) is 30.2 Å². The van der Waals surface area contributed by atoms with Crippen LogP contribution in [0.2, 0.25) is 0 Å². The molecule has 172 valence electrons. The second-order valence-electron chi connectivity index (χ2n) is 8.84. The first-order chi connectivity index (χ1) is 15.8. The summed E-state index contributed by atoms with van der Waals surface area (Å²) in [5.41, 5.74) is 3.61. The first-order valence-electron chi connectivity index (χ1n) is 11.5. The number of aromatic nitrogens is 2. The van der Waals surface area contributed by atoms with Crippen molar-refractivity contribution in [3.63, 3.8) is 0 Å². The first kappa shape index (κ1) is 22.7. The molecule has 0 bridgehead atoms. The van der Waals surface area contributed by atoms with Crippen LogP contribution >= 0.6 is 0 Å². The fourth-order valence-electron chi connectivity index (χ4n) is 4.57. The van der Waals surface area contributed by atoms with Crippen LogP contribution in [0.15, 0.2) is 47.3 Å². The minimum absolute atomic E-state index is 0.0459. The van der Waals surface area contributed by atoms with Gasteiger partial charge in [0.05, 0.1) is 11.0 Å². The van der Waals surface area contributed by atoms with Crippen molar-refractivity contribution in [2.45, 2.75) is 65.5 Å². The number of anilines is 2. The van der Waals surface area contributed by atoms with Crippen molar-refractivity contribution in [2.24, 2.45) is 0 Å². The number of amides is 2. The van der Waals surface area contributed by atoms with E-state index in [9.17, 15) is 14.4 Å². The highest BCUT2D eigenvalue weighted by Gasteiger charge is 2.29. The average Bonchev–Trinajstić information content (AvgIpc) is 2.79. The lowest BCUT2D eigenvalue weighted by molar-refractivity contribution is -0.117. The molecule has 7 nitrogen and oxygen atoms in total. The van der Waals surface area contributed by atoms with Gasteiger partial charge in [-0.2, -0.15) is 0 Å². The Kier molecular flexibility index (Phi) is 6.58. The van der Waals surface area contributed by atoms with E-state index in [4.69, 9.17) is 0 Å². The third-order valence-electron chi connectivity index (χ3n) is 6.43. The minimum Gasteiger partial charge on any atom is -0.325 e. The number of para-hydroxylation sites is 2. The van der Waals surface area contributed by atoms with Crippen LogP contribution in [0.4, 0.5) is 11.5 Å². The standard InChI is InChI=1S/C26H30N4O3/c1-17-13-14-20(15-18(17)2)27-24(32)16-29-23-12-8-7-11-22(23)28-25(26(29)33)30(19(3)31)21-9-5-4-6-10-21/h7-8,11-15,21H,4-6,9-10,16H2,1-3H3,(H,27,32). The number of rotatable bonds is 5. The van der Waals surface area contributed by atoms with Crippen molar-refractivity contribution in [3.05, 3.63) is 63.9 Å². The summed E-state index contributed by atoms with van der Waals surface area (Å²) in [5.74, 6) is -0.408. The van der Waals surface area contributed by atoms with Gasteiger partial charge < -0.3 is 5.32 Å². The highest BCUT2D eigenvalue weighted by molar-refractivity contribution is 5.94. The lowest BCUT2D eigenvalue weighted by Crippen LogP contribution is -2.45. The SMILES string of the molecule is CC(=O)N(c1nc2ccccc2n(CC(=O)Nc2ccc(C)c(C)c2)c1=O)C1CCCCC1. The molecule has 1 saturated carbocycles. The molecule has 4 rings (SSSR count). The Morgan fingerprint density at radius 2 is 1.79 bits per heavy atom. The van der Waals surface area contributed by atoms with Crippen LogP contribution in [0.1, 0.15) is 50.2 Å². The zero-order valence-electron chi connectivity index (χ0n) is 19.4. The zero-order valence-corrected chi connectivity index (χ0v) is 19.4. The number of hydrogen-bond acceptors (Lipinski definition) is 4. The molecule has 0 aliphatic heterocycles. The molecular formula is C26H30N4O3. The largest absolute Gasteiger partial charge is 0.325 e. The van der Waals surface area contributed by atoms with Crippen LogP contribution < -0.4 is 15.8 Å². The van der Waals surface area contributed by atoms with E-state index in [0.29, 0.717) is 16.7 Å². The Bertz CT molecular complexity index is 1260. The number of fused-ring (bicyclic) bond motifs is 1. The lowest BCUT2D eigenvalue weighted by atomic mass is 9.94. The van der Waals surface area contributed by atoms with Crippen molar-refractivity contribution in [2.75, 3.05) is 10.2 Å². The topological polar surface area (TPSA) is 84.3 Å². The van der Waals surface area contributed by atoms with E-state index in [2.05, 4.69) is 10.3 Å². The normalized spacial score (nSPS) is 14.3. The summed E-state index contributed by atoms with van der Waals surface area (Å²) in [4.78, 5) is 45.3. The number of hydrogen-bond donors (Lipinski definition) is 1. The summed E-state index contributed by atoms with van der Waals surface area (Å²) in [5, 5.41) is 2.89. The third-order valence-corrected chi connectivity index (χ3v) is 6.43. The Balaban J connectivity index is 1.73. The number of carbonyl (C=O) groups is 2. The molecule has 3 aromatic rings. The van der Waals surface area contributed by atoms with Crippen LogP contribution in [0.25, 0.3) is 11.0 Å². The van der Waals surface area contributed by atoms with E-state index >= 15 is 0 Å². The molecule has 0 saturated heterocycles. The predicted molar refractivity (Wildman–Crippen MR) is 131 cm³/mol. The Labute approximate surface area is 193 Å². The molecule has 2 aromatic carbocycles. The van der Waals surface area contributed by atoms with E-state index in [1.165, 1.54) is 11.5 Å². The molecule has 1 aliphatic rings. The maximum absolute atomic E-state index is 13.6. The molecule has 7 heteroatoms. The number of benzene rings is 2. The summed E-state index contributed by atoms with van der Waals surface area (Å²) >= 11 is 0. The molecule has 1 heterocycles. The number of nitrogens with one attached hydrogen (secondary N) is 1. The first-order valence-corrected chi connectivity index (χ1v) is 11.5. The monoisotopic (exact) mass is 446 g/mol. The van der Waals surface area contributed by atoms with Crippen LogP contribution in [0, 0.1) is 13.8 Å². The lowest BCUT2D eigenvalue weighted by Gasteiger charge is -2.32. The molecule has 0 spiro atoms. The Morgan fingerprint density at radius 1 is 1.06 bits per heavy atom. The maximum atomic E-state index is 13.6. The Hall–Kier alpha value is -3.48. The maximum Gasteiger partial charge on any atom is 0.294 e. The quantitative estimate of drug-likeness (QED) is 0.632.